The van der Waals surface area contributed by atoms with Gasteiger partial charge in [0.2, 0.25) is 5.91 Å². The molecule has 0 saturated heterocycles. The van der Waals surface area contributed by atoms with E-state index in [-0.39, 0.29) is 11.8 Å². The number of para-hydroxylation sites is 1. The quantitative estimate of drug-likeness (QED) is 0.592. The Morgan fingerprint density at radius 3 is 2.33 bits per heavy atom. The van der Waals surface area contributed by atoms with E-state index in [1.807, 2.05) is 50.2 Å². The molecule has 2 amide bonds. The Labute approximate surface area is 168 Å². The van der Waals surface area contributed by atoms with E-state index in [2.05, 4.69) is 26.6 Å². The molecule has 0 aliphatic heterocycles. The Kier molecular flexibility index (Phi) is 8.33. The zero-order chi connectivity index (χ0) is 19.6. The van der Waals surface area contributed by atoms with Crippen LogP contribution in [0.15, 0.2) is 46.9 Å². The molecule has 6 heteroatoms. The lowest BCUT2D eigenvalue weighted by atomic mass is 10.1. The van der Waals surface area contributed by atoms with Gasteiger partial charge in [0.25, 0.3) is 5.91 Å². The molecule has 2 aromatic carbocycles. The number of halogens is 1. The summed E-state index contributed by atoms with van der Waals surface area (Å²) in [5.74, 6) is 0.682. The highest BCUT2D eigenvalue weighted by atomic mass is 79.9. The lowest BCUT2D eigenvalue weighted by Crippen LogP contribution is -2.34. The van der Waals surface area contributed by atoms with Gasteiger partial charge in [0.05, 0.1) is 12.2 Å². The Hall–Kier alpha value is -2.34. The van der Waals surface area contributed by atoms with Crippen LogP contribution >= 0.6 is 15.9 Å². The first-order chi connectivity index (χ1) is 13.0. The molecule has 144 valence electrons. The van der Waals surface area contributed by atoms with Gasteiger partial charge in [-0.1, -0.05) is 30.3 Å². The molecule has 27 heavy (non-hydrogen) atoms. The molecule has 0 aliphatic carbocycles. The zero-order valence-corrected chi connectivity index (χ0v) is 17.3. The maximum atomic E-state index is 12.0. The van der Waals surface area contributed by atoms with Crippen LogP contribution in [0.2, 0.25) is 0 Å². The number of nitrogens with one attached hydrogen (secondary N) is 2. The number of amides is 2. The van der Waals surface area contributed by atoms with Crippen LogP contribution in [0.25, 0.3) is 0 Å². The van der Waals surface area contributed by atoms with Crippen molar-refractivity contribution in [2.24, 2.45) is 0 Å². The van der Waals surface area contributed by atoms with Gasteiger partial charge in [0.15, 0.2) is 0 Å². The van der Waals surface area contributed by atoms with E-state index in [1.54, 1.807) is 6.07 Å². The molecular formula is C21H25BrN2O3. The summed E-state index contributed by atoms with van der Waals surface area (Å²) in [7, 11) is 0. The summed E-state index contributed by atoms with van der Waals surface area (Å²) in [6.07, 6.45) is 1.03. The van der Waals surface area contributed by atoms with Gasteiger partial charge in [0.1, 0.15) is 5.75 Å². The second-order valence-electron chi connectivity index (χ2n) is 6.26. The highest BCUT2D eigenvalue weighted by Gasteiger charge is 2.08. The summed E-state index contributed by atoms with van der Waals surface area (Å²) in [6, 6.07) is 13.2. The van der Waals surface area contributed by atoms with Crippen LogP contribution in [0.5, 0.6) is 5.75 Å². The molecule has 0 heterocycles. The Morgan fingerprint density at radius 1 is 0.963 bits per heavy atom. The molecule has 0 bridgehead atoms. The number of benzene rings is 2. The predicted octanol–water partition coefficient (Wildman–Crippen LogP) is 3.77. The molecule has 2 N–H and O–H groups in total. The van der Waals surface area contributed by atoms with E-state index in [9.17, 15) is 9.59 Å². The van der Waals surface area contributed by atoms with Crippen LogP contribution in [0, 0.1) is 13.8 Å². The lowest BCUT2D eigenvalue weighted by Gasteiger charge is -2.12. The molecule has 0 aromatic heterocycles. The number of rotatable bonds is 9. The van der Waals surface area contributed by atoms with Gasteiger partial charge >= 0.3 is 0 Å². The Bertz CT molecular complexity index is 772. The standard InChI is InChI=1S/C21H25BrN2O3/c1-15-7-5-8-16(2)20(15)27-14-6-11-19(25)23-12-13-24-21(26)17-9-3-4-10-18(17)22/h3-5,7-10H,6,11-14H2,1-2H3,(H,23,25)(H,24,26). The summed E-state index contributed by atoms with van der Waals surface area (Å²) in [6.45, 7) is 5.30. The fraction of sp³-hybridized carbons (Fsp3) is 0.333. The minimum Gasteiger partial charge on any atom is -0.493 e. The van der Waals surface area contributed by atoms with Crippen molar-refractivity contribution in [1.29, 1.82) is 0 Å². The zero-order valence-electron chi connectivity index (χ0n) is 15.7. The summed E-state index contributed by atoms with van der Waals surface area (Å²) in [5, 5.41) is 5.59. The molecule has 5 nitrogen and oxygen atoms in total. The average Bonchev–Trinajstić information content (AvgIpc) is 2.64. The molecule has 2 rings (SSSR count). The van der Waals surface area contributed by atoms with Crippen LogP contribution in [-0.2, 0) is 4.79 Å². The summed E-state index contributed by atoms with van der Waals surface area (Å²) in [4.78, 5) is 23.9. The van der Waals surface area contributed by atoms with Crippen LogP contribution in [0.1, 0.15) is 34.3 Å². The van der Waals surface area contributed by atoms with Crippen molar-refractivity contribution in [2.75, 3.05) is 19.7 Å². The molecule has 0 unspecified atom stereocenters. The van der Waals surface area contributed by atoms with Crippen molar-refractivity contribution in [1.82, 2.24) is 10.6 Å². The SMILES string of the molecule is Cc1cccc(C)c1OCCCC(=O)NCCNC(=O)c1ccccc1Br. The fourth-order valence-corrected chi connectivity index (χ4v) is 3.11. The Morgan fingerprint density at radius 2 is 1.63 bits per heavy atom. The maximum Gasteiger partial charge on any atom is 0.252 e. The van der Waals surface area contributed by atoms with Gasteiger partial charge in [-0.25, -0.2) is 0 Å². The average molecular weight is 433 g/mol. The molecule has 0 saturated carbocycles. The van der Waals surface area contributed by atoms with E-state index in [0.29, 0.717) is 38.1 Å². The third-order valence-electron chi connectivity index (χ3n) is 4.05. The van der Waals surface area contributed by atoms with Gasteiger partial charge < -0.3 is 15.4 Å². The van der Waals surface area contributed by atoms with Gasteiger partial charge in [-0.15, -0.1) is 0 Å². The van der Waals surface area contributed by atoms with Crippen LogP contribution < -0.4 is 15.4 Å². The van der Waals surface area contributed by atoms with Crippen molar-refractivity contribution in [2.45, 2.75) is 26.7 Å². The van der Waals surface area contributed by atoms with Crippen LogP contribution in [-0.4, -0.2) is 31.5 Å². The van der Waals surface area contributed by atoms with Crippen LogP contribution in [0.4, 0.5) is 0 Å². The number of carbonyl (C=O) groups is 2. The molecule has 0 radical (unpaired) electrons. The van der Waals surface area contributed by atoms with Crippen molar-refractivity contribution in [3.8, 4) is 5.75 Å². The monoisotopic (exact) mass is 432 g/mol. The maximum absolute atomic E-state index is 12.0. The molecule has 0 aliphatic rings. The summed E-state index contributed by atoms with van der Waals surface area (Å²) >= 11 is 3.35. The van der Waals surface area contributed by atoms with E-state index in [0.717, 1.165) is 21.3 Å². The third-order valence-corrected chi connectivity index (χ3v) is 4.75. The number of ether oxygens (including phenoxy) is 1. The second kappa shape index (κ2) is 10.7. The first-order valence-corrected chi connectivity index (χ1v) is 9.77. The van der Waals surface area contributed by atoms with Crippen molar-refractivity contribution in [3.05, 3.63) is 63.6 Å². The first kappa shape index (κ1) is 21.0. The van der Waals surface area contributed by atoms with Crippen molar-refractivity contribution < 1.29 is 14.3 Å². The highest BCUT2D eigenvalue weighted by molar-refractivity contribution is 9.10. The van der Waals surface area contributed by atoms with E-state index < -0.39 is 0 Å². The minimum absolute atomic E-state index is 0.0461. The molecule has 0 spiro atoms. The summed E-state index contributed by atoms with van der Waals surface area (Å²) < 4.78 is 6.54. The van der Waals surface area contributed by atoms with E-state index in [4.69, 9.17) is 4.74 Å². The largest absolute Gasteiger partial charge is 0.493 e. The minimum atomic E-state index is -0.168. The summed E-state index contributed by atoms with van der Waals surface area (Å²) in [5.41, 5.74) is 2.77. The topological polar surface area (TPSA) is 67.4 Å². The number of aryl methyl sites for hydroxylation is 2. The Balaban J connectivity index is 1.60. The first-order valence-electron chi connectivity index (χ1n) is 8.97. The normalized spacial score (nSPS) is 10.3. The predicted molar refractivity (Wildman–Crippen MR) is 110 cm³/mol. The molecular weight excluding hydrogens is 408 g/mol. The van der Waals surface area contributed by atoms with E-state index >= 15 is 0 Å². The molecule has 2 aromatic rings. The second-order valence-corrected chi connectivity index (χ2v) is 7.11. The van der Waals surface area contributed by atoms with Crippen molar-refractivity contribution in [3.63, 3.8) is 0 Å². The van der Waals surface area contributed by atoms with Gasteiger partial charge in [0, 0.05) is 24.0 Å². The van der Waals surface area contributed by atoms with Gasteiger partial charge in [-0.3, -0.25) is 9.59 Å². The number of hydrogen-bond acceptors (Lipinski definition) is 3. The van der Waals surface area contributed by atoms with Crippen molar-refractivity contribution >= 4 is 27.7 Å². The third kappa shape index (κ3) is 6.71. The van der Waals surface area contributed by atoms with Gasteiger partial charge in [-0.05, 0) is 59.5 Å². The lowest BCUT2D eigenvalue weighted by molar-refractivity contribution is -0.121. The smallest absolute Gasteiger partial charge is 0.252 e. The number of carbonyl (C=O) groups excluding carboxylic acids is 2. The van der Waals surface area contributed by atoms with Crippen LogP contribution in [0.3, 0.4) is 0 Å². The highest BCUT2D eigenvalue weighted by Crippen LogP contribution is 2.22. The fourth-order valence-electron chi connectivity index (χ4n) is 2.64. The molecule has 0 fully saturated rings. The molecule has 0 atom stereocenters. The van der Waals surface area contributed by atoms with E-state index in [1.165, 1.54) is 0 Å². The van der Waals surface area contributed by atoms with Gasteiger partial charge in [-0.2, -0.15) is 0 Å². The number of hydrogen-bond donors (Lipinski definition) is 2.